The van der Waals surface area contributed by atoms with Crippen molar-refractivity contribution in [2.45, 2.75) is 45.6 Å². The molecule has 0 N–H and O–H groups in total. The van der Waals surface area contributed by atoms with Crippen molar-refractivity contribution in [1.29, 1.82) is 0 Å². The largest absolute Gasteiger partial charge is 0.347 e. The molecular formula is C17H21N. The van der Waals surface area contributed by atoms with Gasteiger partial charge in [0.05, 0.1) is 0 Å². The summed E-state index contributed by atoms with van der Waals surface area (Å²) in [6.45, 7) is 3.31. The van der Waals surface area contributed by atoms with Crippen LogP contribution in [-0.4, -0.2) is 4.57 Å². The highest BCUT2D eigenvalue weighted by atomic mass is 15.0. The van der Waals surface area contributed by atoms with E-state index in [0.29, 0.717) is 0 Å². The monoisotopic (exact) mass is 239 g/mol. The topological polar surface area (TPSA) is 4.93 Å². The van der Waals surface area contributed by atoms with Gasteiger partial charge in [-0.1, -0.05) is 37.3 Å². The molecule has 18 heavy (non-hydrogen) atoms. The van der Waals surface area contributed by atoms with Crippen LogP contribution in [-0.2, 0) is 25.8 Å². The van der Waals surface area contributed by atoms with E-state index in [2.05, 4.69) is 48.0 Å². The summed E-state index contributed by atoms with van der Waals surface area (Å²) >= 11 is 0. The van der Waals surface area contributed by atoms with E-state index in [1.54, 1.807) is 16.8 Å². The summed E-state index contributed by atoms with van der Waals surface area (Å²) in [6, 6.07) is 10.8. The molecule has 2 aromatic rings. The Bertz CT molecular complexity index is 522. The minimum absolute atomic E-state index is 1.03. The second-order valence-corrected chi connectivity index (χ2v) is 5.25. The van der Waals surface area contributed by atoms with E-state index in [-0.39, 0.29) is 0 Å². The molecule has 0 radical (unpaired) electrons. The minimum Gasteiger partial charge on any atom is -0.347 e. The first kappa shape index (κ1) is 11.6. The van der Waals surface area contributed by atoms with Gasteiger partial charge in [0.2, 0.25) is 0 Å². The zero-order valence-electron chi connectivity index (χ0n) is 11.2. The number of aromatic nitrogens is 1. The average molecular weight is 239 g/mol. The highest BCUT2D eigenvalue weighted by molar-refractivity contribution is 5.35. The van der Waals surface area contributed by atoms with Gasteiger partial charge in [-0.25, -0.2) is 0 Å². The maximum Gasteiger partial charge on any atom is 0.0473 e. The average Bonchev–Trinajstić information content (AvgIpc) is 2.78. The first-order valence-corrected chi connectivity index (χ1v) is 7.12. The van der Waals surface area contributed by atoms with E-state index in [1.807, 2.05) is 0 Å². The second kappa shape index (κ2) is 5.01. The van der Waals surface area contributed by atoms with Crippen LogP contribution in [0.25, 0.3) is 0 Å². The molecule has 1 aliphatic carbocycles. The number of nitrogens with zero attached hydrogens (tertiary/aromatic N) is 1. The van der Waals surface area contributed by atoms with Gasteiger partial charge in [0.15, 0.2) is 0 Å². The first-order chi connectivity index (χ1) is 8.88. The van der Waals surface area contributed by atoms with Gasteiger partial charge in [-0.15, -0.1) is 0 Å². The number of hydrogen-bond acceptors (Lipinski definition) is 0. The van der Waals surface area contributed by atoms with Gasteiger partial charge in [-0.05, 0) is 48.8 Å². The van der Waals surface area contributed by atoms with Crippen molar-refractivity contribution in [1.82, 2.24) is 4.57 Å². The fourth-order valence-electron chi connectivity index (χ4n) is 3.12. The molecule has 1 aliphatic rings. The number of aryl methyl sites for hydroxylation is 1. The summed E-state index contributed by atoms with van der Waals surface area (Å²) in [5.74, 6) is 0. The zero-order chi connectivity index (χ0) is 12.4. The second-order valence-electron chi connectivity index (χ2n) is 5.25. The van der Waals surface area contributed by atoms with Crippen LogP contribution in [0.4, 0.5) is 0 Å². The van der Waals surface area contributed by atoms with Gasteiger partial charge >= 0.3 is 0 Å². The molecule has 94 valence electrons. The fourth-order valence-corrected chi connectivity index (χ4v) is 3.12. The lowest BCUT2D eigenvalue weighted by Crippen LogP contribution is -2.09. The number of fused-ring (bicyclic) bond motifs is 1. The Morgan fingerprint density at radius 3 is 2.61 bits per heavy atom. The molecule has 1 heterocycles. The number of rotatable bonds is 3. The van der Waals surface area contributed by atoms with Crippen LogP contribution in [0, 0.1) is 0 Å². The summed E-state index contributed by atoms with van der Waals surface area (Å²) in [5, 5.41) is 0. The van der Waals surface area contributed by atoms with Gasteiger partial charge in [0, 0.05) is 18.4 Å². The maximum atomic E-state index is 2.49. The van der Waals surface area contributed by atoms with Crippen LogP contribution < -0.4 is 0 Å². The Kier molecular flexibility index (Phi) is 3.22. The van der Waals surface area contributed by atoms with Crippen molar-refractivity contribution in [3.8, 4) is 0 Å². The lowest BCUT2D eigenvalue weighted by molar-refractivity contribution is 0.630. The predicted molar refractivity (Wildman–Crippen MR) is 76.0 cm³/mol. The van der Waals surface area contributed by atoms with Crippen LogP contribution in [0.3, 0.4) is 0 Å². The normalized spacial score (nSPS) is 14.5. The smallest absolute Gasteiger partial charge is 0.0473 e. The molecule has 0 aliphatic heterocycles. The SMILES string of the molecule is CCc1cn(Cc2ccccc2)c2c1CCCC2. The van der Waals surface area contributed by atoms with Crippen LogP contribution >= 0.6 is 0 Å². The Balaban J connectivity index is 1.94. The summed E-state index contributed by atoms with van der Waals surface area (Å²) in [7, 11) is 0. The van der Waals surface area contributed by atoms with Crippen molar-refractivity contribution in [3.63, 3.8) is 0 Å². The van der Waals surface area contributed by atoms with Crippen molar-refractivity contribution in [2.75, 3.05) is 0 Å². The van der Waals surface area contributed by atoms with E-state index < -0.39 is 0 Å². The van der Waals surface area contributed by atoms with E-state index >= 15 is 0 Å². The molecule has 1 aromatic carbocycles. The van der Waals surface area contributed by atoms with Crippen molar-refractivity contribution in [2.24, 2.45) is 0 Å². The predicted octanol–water partition coefficient (Wildman–Crippen LogP) is 3.98. The minimum atomic E-state index is 1.03. The molecule has 0 saturated carbocycles. The summed E-state index contributed by atoms with van der Waals surface area (Å²) in [5.41, 5.74) is 6.23. The molecule has 0 unspecified atom stereocenters. The molecule has 0 amide bonds. The molecule has 0 fully saturated rings. The molecule has 0 atom stereocenters. The Labute approximate surface area is 109 Å². The van der Waals surface area contributed by atoms with E-state index in [0.717, 1.165) is 6.54 Å². The van der Waals surface area contributed by atoms with Gasteiger partial charge in [0.25, 0.3) is 0 Å². The third-order valence-corrected chi connectivity index (χ3v) is 4.06. The summed E-state index contributed by atoms with van der Waals surface area (Å²) in [4.78, 5) is 0. The lowest BCUT2D eigenvalue weighted by atomic mass is 9.94. The van der Waals surface area contributed by atoms with Crippen LogP contribution in [0.5, 0.6) is 0 Å². The third-order valence-electron chi connectivity index (χ3n) is 4.06. The third kappa shape index (κ3) is 2.10. The Morgan fingerprint density at radius 1 is 1.06 bits per heavy atom. The Morgan fingerprint density at radius 2 is 1.83 bits per heavy atom. The van der Waals surface area contributed by atoms with Gasteiger partial charge < -0.3 is 4.57 Å². The molecule has 0 saturated heterocycles. The van der Waals surface area contributed by atoms with Crippen molar-refractivity contribution in [3.05, 3.63) is 58.9 Å². The van der Waals surface area contributed by atoms with Crippen molar-refractivity contribution >= 4 is 0 Å². The van der Waals surface area contributed by atoms with Gasteiger partial charge in [-0.3, -0.25) is 0 Å². The Hall–Kier alpha value is -1.50. The highest BCUT2D eigenvalue weighted by Crippen LogP contribution is 2.27. The fraction of sp³-hybridized carbons (Fsp3) is 0.412. The maximum absolute atomic E-state index is 2.49. The van der Waals surface area contributed by atoms with Gasteiger partial charge in [-0.2, -0.15) is 0 Å². The number of benzene rings is 1. The highest BCUT2D eigenvalue weighted by Gasteiger charge is 2.17. The molecule has 3 rings (SSSR count). The van der Waals surface area contributed by atoms with Gasteiger partial charge in [0.1, 0.15) is 0 Å². The molecule has 1 aromatic heterocycles. The van der Waals surface area contributed by atoms with E-state index in [4.69, 9.17) is 0 Å². The summed E-state index contributed by atoms with van der Waals surface area (Å²) < 4.78 is 2.49. The van der Waals surface area contributed by atoms with Crippen LogP contribution in [0.1, 0.15) is 42.1 Å². The molecule has 1 nitrogen and oxygen atoms in total. The first-order valence-electron chi connectivity index (χ1n) is 7.12. The van der Waals surface area contributed by atoms with E-state index in [1.165, 1.54) is 37.7 Å². The molecule has 0 bridgehead atoms. The number of hydrogen-bond donors (Lipinski definition) is 0. The quantitative estimate of drug-likeness (QED) is 0.763. The van der Waals surface area contributed by atoms with Crippen LogP contribution in [0.2, 0.25) is 0 Å². The van der Waals surface area contributed by atoms with Crippen LogP contribution in [0.15, 0.2) is 36.5 Å². The molecular weight excluding hydrogens is 218 g/mol. The van der Waals surface area contributed by atoms with Crippen molar-refractivity contribution < 1.29 is 0 Å². The molecule has 1 heteroatoms. The zero-order valence-corrected chi connectivity index (χ0v) is 11.2. The standard InChI is InChI=1S/C17H21N/c1-2-15-13-18(12-14-8-4-3-5-9-14)17-11-7-6-10-16(15)17/h3-5,8-9,13H,2,6-7,10-12H2,1H3. The summed E-state index contributed by atoms with van der Waals surface area (Å²) in [6.07, 6.45) is 8.85. The lowest BCUT2D eigenvalue weighted by Gasteiger charge is -2.16. The molecule has 0 spiro atoms. The van der Waals surface area contributed by atoms with E-state index in [9.17, 15) is 0 Å².